The molecular formula is C22H18S. The van der Waals surface area contributed by atoms with Crippen LogP contribution in [0.5, 0.6) is 0 Å². The van der Waals surface area contributed by atoms with Crippen LogP contribution in [0.25, 0.3) is 0 Å². The summed E-state index contributed by atoms with van der Waals surface area (Å²) in [6, 6.07) is 31.7. The summed E-state index contributed by atoms with van der Waals surface area (Å²) in [6.07, 6.45) is 4.16. The second-order valence-electron chi connectivity index (χ2n) is 5.40. The molecule has 0 aliphatic heterocycles. The van der Waals surface area contributed by atoms with Gasteiger partial charge in [-0.1, -0.05) is 115 Å². The molecule has 0 aliphatic carbocycles. The largest absolute Gasteiger partial charge is 0.0887 e. The minimum absolute atomic E-state index is 0.348. The highest BCUT2D eigenvalue weighted by Gasteiger charge is 2.33. The van der Waals surface area contributed by atoms with E-state index in [2.05, 4.69) is 78.9 Å². The molecule has 0 fully saturated rings. The van der Waals surface area contributed by atoms with E-state index in [1.165, 1.54) is 16.7 Å². The Balaban J connectivity index is 2.35. The Morgan fingerprint density at radius 2 is 0.913 bits per heavy atom. The van der Waals surface area contributed by atoms with E-state index in [0.717, 1.165) is 0 Å². The quantitative estimate of drug-likeness (QED) is 0.337. The van der Waals surface area contributed by atoms with E-state index in [4.69, 9.17) is 12.2 Å². The van der Waals surface area contributed by atoms with Gasteiger partial charge in [0.1, 0.15) is 0 Å². The molecule has 0 saturated carbocycles. The summed E-state index contributed by atoms with van der Waals surface area (Å²) in [7, 11) is 0. The van der Waals surface area contributed by atoms with Gasteiger partial charge in [-0.25, -0.2) is 0 Å². The van der Waals surface area contributed by atoms with Crippen LogP contribution >= 0.6 is 12.2 Å². The Bertz CT molecular complexity index is 677. The molecule has 0 amide bonds. The highest BCUT2D eigenvalue weighted by molar-refractivity contribution is 7.79. The van der Waals surface area contributed by atoms with Crippen molar-refractivity contribution in [3.8, 4) is 0 Å². The molecule has 0 aliphatic rings. The Morgan fingerprint density at radius 1 is 0.565 bits per heavy atom. The lowest BCUT2D eigenvalue weighted by atomic mass is 9.69. The lowest BCUT2D eigenvalue weighted by Crippen LogP contribution is -2.27. The van der Waals surface area contributed by atoms with Gasteiger partial charge in [0.15, 0.2) is 0 Å². The second kappa shape index (κ2) is 7.17. The maximum atomic E-state index is 5.06. The lowest BCUT2D eigenvalue weighted by molar-refractivity contribution is 0.779. The maximum absolute atomic E-state index is 5.06. The van der Waals surface area contributed by atoms with Gasteiger partial charge in [0.05, 0.1) is 5.41 Å². The average Bonchev–Trinajstić information content (AvgIpc) is 2.65. The summed E-state index contributed by atoms with van der Waals surface area (Å²) >= 11 is 5.06. The Labute approximate surface area is 143 Å². The molecule has 0 aromatic heterocycles. The summed E-state index contributed by atoms with van der Waals surface area (Å²) in [5.41, 5.74) is 3.33. The lowest BCUT2D eigenvalue weighted by Gasteiger charge is -2.33. The third-order valence-electron chi connectivity index (χ3n) is 4.11. The van der Waals surface area contributed by atoms with Gasteiger partial charge in [-0.2, -0.15) is 0 Å². The minimum atomic E-state index is -0.348. The van der Waals surface area contributed by atoms with Gasteiger partial charge in [0.2, 0.25) is 0 Å². The van der Waals surface area contributed by atoms with Crippen LogP contribution in [0.2, 0.25) is 0 Å². The highest BCUT2D eigenvalue weighted by atomic mass is 32.1. The SMILES string of the molecule is S=C/C=C/C(c1ccccc1)(c1ccccc1)c1ccccc1. The predicted octanol–water partition coefficient (Wildman–Crippen LogP) is 5.58. The second-order valence-corrected chi connectivity index (χ2v) is 5.67. The van der Waals surface area contributed by atoms with Crippen LogP contribution in [0.4, 0.5) is 0 Å². The Morgan fingerprint density at radius 3 is 1.22 bits per heavy atom. The number of thiocarbonyl (C=S) groups is 1. The number of hydrogen-bond donors (Lipinski definition) is 0. The van der Waals surface area contributed by atoms with Crippen molar-refractivity contribution in [2.75, 3.05) is 0 Å². The molecule has 0 nitrogen and oxygen atoms in total. The van der Waals surface area contributed by atoms with Gasteiger partial charge in [-0.3, -0.25) is 0 Å². The van der Waals surface area contributed by atoms with Crippen molar-refractivity contribution >= 4 is 17.6 Å². The summed E-state index contributed by atoms with van der Waals surface area (Å²) in [4.78, 5) is 0. The van der Waals surface area contributed by atoms with Gasteiger partial charge in [0.25, 0.3) is 0 Å². The Hall–Kier alpha value is -2.51. The molecule has 0 saturated heterocycles. The number of rotatable bonds is 5. The molecule has 0 radical (unpaired) electrons. The number of hydrogen-bond acceptors (Lipinski definition) is 1. The van der Waals surface area contributed by atoms with Crippen molar-refractivity contribution in [3.63, 3.8) is 0 Å². The summed E-state index contributed by atoms with van der Waals surface area (Å²) in [6.45, 7) is 0. The molecule has 3 aromatic rings. The minimum Gasteiger partial charge on any atom is -0.0887 e. The molecular weight excluding hydrogens is 296 g/mol. The monoisotopic (exact) mass is 314 g/mol. The normalized spacial score (nSPS) is 11.5. The molecule has 23 heavy (non-hydrogen) atoms. The molecule has 1 heteroatoms. The third kappa shape index (κ3) is 3.01. The van der Waals surface area contributed by atoms with Crippen LogP contribution in [0.1, 0.15) is 16.7 Å². The Kier molecular flexibility index (Phi) is 4.80. The third-order valence-corrected chi connectivity index (χ3v) is 4.27. The van der Waals surface area contributed by atoms with Crippen molar-refractivity contribution in [2.45, 2.75) is 5.41 Å². The van der Waals surface area contributed by atoms with E-state index in [9.17, 15) is 0 Å². The van der Waals surface area contributed by atoms with Crippen LogP contribution in [0, 0.1) is 0 Å². The van der Waals surface area contributed by atoms with E-state index in [1.54, 1.807) is 5.37 Å². The fraction of sp³-hybridized carbons (Fsp3) is 0.0455. The van der Waals surface area contributed by atoms with Crippen molar-refractivity contribution in [3.05, 3.63) is 120 Å². The maximum Gasteiger partial charge on any atom is 0.0635 e. The van der Waals surface area contributed by atoms with Crippen LogP contribution in [0.15, 0.2) is 103 Å². The highest BCUT2D eigenvalue weighted by Crippen LogP contribution is 2.40. The van der Waals surface area contributed by atoms with Gasteiger partial charge >= 0.3 is 0 Å². The first-order chi connectivity index (χ1) is 11.4. The van der Waals surface area contributed by atoms with Crippen LogP contribution < -0.4 is 0 Å². The molecule has 3 aromatic carbocycles. The molecule has 0 atom stereocenters. The van der Waals surface area contributed by atoms with Crippen LogP contribution in [-0.4, -0.2) is 5.37 Å². The molecule has 0 heterocycles. The zero-order chi connectivity index (χ0) is 16.0. The number of allylic oxidation sites excluding steroid dienone is 2. The van der Waals surface area contributed by atoms with Crippen molar-refractivity contribution in [1.82, 2.24) is 0 Å². The summed E-state index contributed by atoms with van der Waals surface area (Å²) in [5, 5.41) is 1.67. The zero-order valence-electron chi connectivity index (χ0n) is 12.8. The van der Waals surface area contributed by atoms with E-state index in [0.29, 0.717) is 0 Å². The van der Waals surface area contributed by atoms with Gasteiger partial charge in [-0.15, -0.1) is 0 Å². The average molecular weight is 314 g/mol. The molecule has 0 N–H and O–H groups in total. The summed E-state index contributed by atoms with van der Waals surface area (Å²) in [5.74, 6) is 0. The van der Waals surface area contributed by atoms with Crippen LogP contribution in [0.3, 0.4) is 0 Å². The molecule has 3 rings (SSSR count). The van der Waals surface area contributed by atoms with E-state index >= 15 is 0 Å². The van der Waals surface area contributed by atoms with E-state index in [1.807, 2.05) is 24.3 Å². The standard InChI is InChI=1S/C22H18S/c23-18-10-17-22(19-11-4-1-5-12-19,20-13-6-2-7-14-20)21-15-8-3-9-16-21/h1-18H/b17-10+. The molecule has 112 valence electrons. The predicted molar refractivity (Wildman–Crippen MR) is 102 cm³/mol. The van der Waals surface area contributed by atoms with Gasteiger partial charge in [-0.05, 0) is 16.7 Å². The number of benzene rings is 3. The summed E-state index contributed by atoms with van der Waals surface area (Å²) < 4.78 is 0. The van der Waals surface area contributed by atoms with Crippen molar-refractivity contribution in [2.24, 2.45) is 0 Å². The van der Waals surface area contributed by atoms with Gasteiger partial charge < -0.3 is 0 Å². The first-order valence-corrected chi connectivity index (χ1v) is 8.14. The first-order valence-electron chi connectivity index (χ1n) is 7.67. The topological polar surface area (TPSA) is 0 Å². The van der Waals surface area contributed by atoms with Crippen LogP contribution in [-0.2, 0) is 5.41 Å². The zero-order valence-corrected chi connectivity index (χ0v) is 13.6. The smallest absolute Gasteiger partial charge is 0.0635 e. The van der Waals surface area contributed by atoms with Crippen molar-refractivity contribution in [1.29, 1.82) is 0 Å². The fourth-order valence-corrected chi connectivity index (χ4v) is 3.15. The van der Waals surface area contributed by atoms with E-state index in [-0.39, 0.29) is 5.41 Å². The van der Waals surface area contributed by atoms with Crippen molar-refractivity contribution < 1.29 is 0 Å². The molecule has 0 unspecified atom stereocenters. The first kappa shape index (κ1) is 15.4. The fourth-order valence-electron chi connectivity index (χ4n) is 3.08. The molecule has 0 bridgehead atoms. The molecule has 0 spiro atoms. The van der Waals surface area contributed by atoms with E-state index < -0.39 is 0 Å². The van der Waals surface area contributed by atoms with Gasteiger partial charge in [0, 0.05) is 5.37 Å².